The van der Waals surface area contributed by atoms with E-state index in [1.54, 1.807) is 36.7 Å². The van der Waals surface area contributed by atoms with E-state index in [1.807, 2.05) is 109 Å². The topological polar surface area (TPSA) is 205 Å². The number of hydrogen-bond acceptors (Lipinski definition) is 11. The average Bonchev–Trinajstić information content (AvgIpc) is 3.44. The Hall–Kier alpha value is -8.40. The van der Waals surface area contributed by atoms with Gasteiger partial charge in [-0.1, -0.05) is 36.4 Å². The third kappa shape index (κ3) is 12.5. The molecule has 0 aliphatic carbocycles. The van der Waals surface area contributed by atoms with Crippen LogP contribution in [0.25, 0.3) is 0 Å². The number of nitrogens with one attached hydrogen (secondary N) is 2. The van der Waals surface area contributed by atoms with Crippen molar-refractivity contribution in [3.63, 3.8) is 0 Å². The predicted molar refractivity (Wildman–Crippen MR) is 291 cm³/mol. The van der Waals surface area contributed by atoms with E-state index in [0.29, 0.717) is 82.8 Å². The second kappa shape index (κ2) is 23.6. The van der Waals surface area contributed by atoms with Crippen molar-refractivity contribution in [1.82, 2.24) is 19.8 Å². The van der Waals surface area contributed by atoms with Crippen LogP contribution in [0.2, 0.25) is 0 Å². The SMILES string of the molecule is Cc1ccc(C(=O)N2CCC(c3ccc(C#N)cc3)CC2)cc1NC(=O)c1ccc(N2CCC(N)CC2)nc1.Cc1ccc(C(=O)N2CCC(c3ccc(C#N)cc3)CC2)cc1NC(=O)c1ccc(N2CCC2)nc1. The second-order valence-corrected chi connectivity index (χ2v) is 20.0. The van der Waals surface area contributed by atoms with Crippen LogP contribution in [0.1, 0.15) is 132 Å². The zero-order chi connectivity index (χ0) is 52.4. The Balaban J connectivity index is 0.000000184. The number of aryl methyl sites for hydroxylation is 2. The molecule has 6 aromatic rings. The number of nitriles is 2. The third-order valence-electron chi connectivity index (χ3n) is 15.1. The lowest BCUT2D eigenvalue weighted by atomic mass is 9.89. The number of aromatic nitrogens is 2. The smallest absolute Gasteiger partial charge is 0.257 e. The number of piperidine rings is 3. The first kappa shape index (κ1) is 51.5. The molecule has 4 aliphatic heterocycles. The van der Waals surface area contributed by atoms with Gasteiger partial charge in [0.25, 0.3) is 23.6 Å². The Labute approximate surface area is 439 Å². The van der Waals surface area contributed by atoms with Crippen LogP contribution in [0.15, 0.2) is 122 Å². The standard InChI is InChI=1S/C31H34N6O2.C29H29N5O2/c1-21-2-5-25(31(39)37-14-10-24(11-15-37)23-6-3-22(19-32)4-7-23)18-28(21)35-30(38)26-8-9-29(34-20-26)36-16-12-27(33)13-17-36;1-20-3-6-24(17-26(20)32-28(35)25-9-10-27(31-19-25)33-13-2-14-33)29(36)34-15-11-23(12-16-34)22-7-4-21(18-30)5-8-22/h2-9,18,20,24,27H,10-17,33H2,1H3,(H,35,38);3-10,17,19,23H,2,11-16H2,1H3,(H,32,35). The third-order valence-corrected chi connectivity index (χ3v) is 15.1. The minimum absolute atomic E-state index is 0.0238. The zero-order valence-electron chi connectivity index (χ0n) is 42.7. The predicted octanol–water partition coefficient (Wildman–Crippen LogP) is 9.21. The number of anilines is 4. The van der Waals surface area contributed by atoms with Crippen LogP contribution < -0.4 is 26.2 Å². The molecule has 0 spiro atoms. The van der Waals surface area contributed by atoms with Gasteiger partial charge in [0.15, 0.2) is 0 Å². The van der Waals surface area contributed by atoms with Crippen molar-refractivity contribution in [3.8, 4) is 12.1 Å². The molecular weight excluding hydrogens is 939 g/mol. The molecule has 10 rings (SSSR count). The van der Waals surface area contributed by atoms with Gasteiger partial charge in [0.1, 0.15) is 11.6 Å². The summed E-state index contributed by atoms with van der Waals surface area (Å²) in [6.07, 6.45) is 9.77. The maximum Gasteiger partial charge on any atom is 0.257 e. The van der Waals surface area contributed by atoms with E-state index in [9.17, 15) is 19.2 Å². The molecule has 2 aromatic heterocycles. The molecule has 4 aromatic carbocycles. The fourth-order valence-corrected chi connectivity index (χ4v) is 10.1. The summed E-state index contributed by atoms with van der Waals surface area (Å²) in [5.41, 5.74) is 14.9. The van der Waals surface area contributed by atoms with E-state index < -0.39 is 0 Å². The minimum atomic E-state index is -0.259. The normalized spacial score (nSPS) is 16.1. The maximum atomic E-state index is 13.3. The summed E-state index contributed by atoms with van der Waals surface area (Å²) >= 11 is 0. The molecule has 4 fully saturated rings. The van der Waals surface area contributed by atoms with Crippen LogP contribution in [0.4, 0.5) is 23.0 Å². The summed E-state index contributed by atoms with van der Waals surface area (Å²) in [5, 5.41) is 23.9. The number of carbonyl (C=O) groups excluding carboxylic acids is 4. The number of nitrogens with zero attached hydrogens (tertiary/aromatic N) is 8. The fraction of sp³-hybridized carbons (Fsp3) is 0.333. The molecular formula is C60H63N11O4. The molecule has 0 radical (unpaired) electrons. The highest BCUT2D eigenvalue weighted by Crippen LogP contribution is 2.32. The van der Waals surface area contributed by atoms with Crippen molar-refractivity contribution in [2.45, 2.75) is 76.7 Å². The molecule has 4 saturated heterocycles. The molecule has 6 heterocycles. The van der Waals surface area contributed by atoms with Crippen LogP contribution >= 0.6 is 0 Å². The highest BCUT2D eigenvalue weighted by Gasteiger charge is 2.27. The van der Waals surface area contributed by atoms with Crippen molar-refractivity contribution in [1.29, 1.82) is 10.5 Å². The molecule has 75 heavy (non-hydrogen) atoms. The van der Waals surface area contributed by atoms with Crippen LogP contribution in [0.5, 0.6) is 0 Å². The Morgan fingerprint density at radius 1 is 0.507 bits per heavy atom. The van der Waals surface area contributed by atoms with E-state index in [-0.39, 0.29) is 29.7 Å². The molecule has 0 atom stereocenters. The van der Waals surface area contributed by atoms with Gasteiger partial charge in [0.05, 0.1) is 34.4 Å². The Bertz CT molecular complexity index is 3080. The van der Waals surface area contributed by atoms with Crippen molar-refractivity contribution in [3.05, 3.63) is 177 Å². The average molecular weight is 1000 g/mol. The fourth-order valence-electron chi connectivity index (χ4n) is 10.1. The number of carbonyl (C=O) groups is 4. The molecule has 382 valence electrons. The van der Waals surface area contributed by atoms with Gasteiger partial charge in [-0.3, -0.25) is 19.2 Å². The molecule has 4 amide bonds. The van der Waals surface area contributed by atoms with Crippen LogP contribution in [-0.4, -0.2) is 102 Å². The van der Waals surface area contributed by atoms with Crippen molar-refractivity contribution in [2.75, 3.05) is 72.8 Å². The summed E-state index contributed by atoms with van der Waals surface area (Å²) in [6, 6.07) is 38.3. The Kier molecular flexibility index (Phi) is 16.2. The number of pyridine rings is 2. The molecule has 15 nitrogen and oxygen atoms in total. The second-order valence-electron chi connectivity index (χ2n) is 20.0. The van der Waals surface area contributed by atoms with Gasteiger partial charge in [-0.15, -0.1) is 0 Å². The van der Waals surface area contributed by atoms with Crippen molar-refractivity contribution >= 4 is 46.6 Å². The maximum absolute atomic E-state index is 13.3. The Morgan fingerprint density at radius 3 is 1.24 bits per heavy atom. The first-order chi connectivity index (χ1) is 36.4. The number of nitrogens with two attached hydrogens (primary N) is 1. The Morgan fingerprint density at radius 2 is 0.893 bits per heavy atom. The summed E-state index contributed by atoms with van der Waals surface area (Å²) in [5.74, 6) is 1.95. The van der Waals surface area contributed by atoms with Gasteiger partial charge in [-0.25, -0.2) is 9.97 Å². The quantitative estimate of drug-likeness (QED) is 0.118. The number of hydrogen-bond donors (Lipinski definition) is 3. The van der Waals surface area contributed by atoms with E-state index in [1.165, 1.54) is 17.5 Å². The first-order valence-electron chi connectivity index (χ1n) is 26.0. The van der Waals surface area contributed by atoms with Crippen molar-refractivity contribution in [2.24, 2.45) is 5.73 Å². The lowest BCUT2D eigenvalue weighted by molar-refractivity contribution is 0.0705. The summed E-state index contributed by atoms with van der Waals surface area (Å²) in [7, 11) is 0. The number of amides is 4. The van der Waals surface area contributed by atoms with Gasteiger partial charge in [-0.2, -0.15) is 10.5 Å². The van der Waals surface area contributed by atoms with E-state index in [0.717, 1.165) is 87.5 Å². The van der Waals surface area contributed by atoms with E-state index in [4.69, 9.17) is 16.3 Å². The van der Waals surface area contributed by atoms with E-state index >= 15 is 0 Å². The summed E-state index contributed by atoms with van der Waals surface area (Å²) < 4.78 is 0. The number of rotatable bonds is 10. The molecule has 15 heteroatoms. The van der Waals surface area contributed by atoms with Crippen LogP contribution in [-0.2, 0) is 0 Å². The molecule has 0 saturated carbocycles. The lowest BCUT2D eigenvalue weighted by Crippen LogP contribution is -2.40. The van der Waals surface area contributed by atoms with Gasteiger partial charge < -0.3 is 36.0 Å². The lowest BCUT2D eigenvalue weighted by Gasteiger charge is -2.32. The highest BCUT2D eigenvalue weighted by atomic mass is 16.2. The van der Waals surface area contributed by atoms with Gasteiger partial charge in [-0.05, 0) is 166 Å². The molecule has 4 N–H and O–H groups in total. The monoisotopic (exact) mass is 1000 g/mol. The molecule has 0 bridgehead atoms. The van der Waals surface area contributed by atoms with Gasteiger partial charge in [0.2, 0.25) is 0 Å². The van der Waals surface area contributed by atoms with Gasteiger partial charge in [0, 0.05) is 93.3 Å². The van der Waals surface area contributed by atoms with Crippen LogP contribution in [0.3, 0.4) is 0 Å². The zero-order valence-corrected chi connectivity index (χ0v) is 42.7. The molecule has 4 aliphatic rings. The van der Waals surface area contributed by atoms with Gasteiger partial charge >= 0.3 is 0 Å². The number of likely N-dealkylation sites (tertiary alicyclic amines) is 2. The van der Waals surface area contributed by atoms with E-state index in [2.05, 4.69) is 42.5 Å². The summed E-state index contributed by atoms with van der Waals surface area (Å²) in [4.78, 5) is 69.5. The number of benzene rings is 4. The highest BCUT2D eigenvalue weighted by molar-refractivity contribution is 6.06. The molecule has 0 unspecified atom stereocenters. The summed E-state index contributed by atoms with van der Waals surface area (Å²) in [6.45, 7) is 10.3. The minimum Gasteiger partial charge on any atom is -0.357 e. The van der Waals surface area contributed by atoms with Crippen molar-refractivity contribution < 1.29 is 19.2 Å². The first-order valence-corrected chi connectivity index (χ1v) is 26.0. The largest absolute Gasteiger partial charge is 0.357 e. The van der Waals surface area contributed by atoms with Crippen LogP contribution in [0, 0.1) is 36.5 Å².